The van der Waals surface area contributed by atoms with Crippen molar-refractivity contribution in [3.05, 3.63) is 35.2 Å². The van der Waals surface area contributed by atoms with Crippen LogP contribution in [0.4, 0.5) is 5.69 Å². The Balaban J connectivity index is 1.89. The number of nitrogens with zero attached hydrogens (tertiary/aromatic N) is 3. The third-order valence-corrected chi connectivity index (χ3v) is 4.19. The van der Waals surface area contributed by atoms with Gasteiger partial charge in [0.2, 0.25) is 0 Å². The first kappa shape index (κ1) is 13.9. The number of thiazole rings is 1. The van der Waals surface area contributed by atoms with Crippen LogP contribution in [0.5, 0.6) is 0 Å². The number of azo groups is 1. The zero-order valence-corrected chi connectivity index (χ0v) is 12.6. The van der Waals surface area contributed by atoms with Crippen molar-refractivity contribution in [2.75, 3.05) is 0 Å². The quantitative estimate of drug-likeness (QED) is 0.827. The molecule has 6 heteroatoms. The van der Waals surface area contributed by atoms with E-state index in [0.29, 0.717) is 18.5 Å². The van der Waals surface area contributed by atoms with Gasteiger partial charge in [-0.1, -0.05) is 13.8 Å². The number of aliphatic hydroxyl groups excluding tert-OH is 1. The van der Waals surface area contributed by atoms with E-state index in [0.717, 1.165) is 10.2 Å². The Morgan fingerprint density at radius 3 is 2.86 bits per heavy atom. The largest absolute Gasteiger partial charge is 0.510 e. The number of hydrogen-bond acceptors (Lipinski definition) is 6. The molecule has 0 radical (unpaired) electrons. The number of Topliss-reactive ketones (excluding diaryl/α,β-unsaturated/α-hetero) is 1. The average Bonchev–Trinajstić information content (AvgIpc) is 2.83. The van der Waals surface area contributed by atoms with E-state index < -0.39 is 0 Å². The van der Waals surface area contributed by atoms with Crippen molar-refractivity contribution in [1.82, 2.24) is 4.98 Å². The molecule has 0 bridgehead atoms. The van der Waals surface area contributed by atoms with E-state index in [2.05, 4.69) is 15.2 Å². The Hall–Kier alpha value is -2.08. The summed E-state index contributed by atoms with van der Waals surface area (Å²) >= 11 is 1.52. The van der Waals surface area contributed by atoms with Crippen molar-refractivity contribution in [2.24, 2.45) is 15.6 Å². The van der Waals surface area contributed by atoms with E-state index in [-0.39, 0.29) is 22.7 Å². The molecule has 1 N–H and O–H groups in total. The zero-order valence-electron chi connectivity index (χ0n) is 11.8. The van der Waals surface area contributed by atoms with Gasteiger partial charge in [-0.15, -0.1) is 16.5 Å². The highest BCUT2D eigenvalue weighted by molar-refractivity contribution is 7.16. The Bertz CT molecular complexity index is 774. The number of aliphatic hydroxyl groups is 1. The van der Waals surface area contributed by atoms with Crippen LogP contribution in [0.2, 0.25) is 0 Å². The molecular weight excluding hydrogens is 286 g/mol. The first-order chi connectivity index (χ1) is 9.94. The second kappa shape index (κ2) is 5.04. The lowest BCUT2D eigenvalue weighted by atomic mass is 9.78. The highest BCUT2D eigenvalue weighted by Gasteiger charge is 2.33. The molecule has 2 aromatic rings. The summed E-state index contributed by atoms with van der Waals surface area (Å²) in [5.41, 5.74) is 3.19. The summed E-state index contributed by atoms with van der Waals surface area (Å²) in [5, 5.41) is 18.0. The Kier molecular flexibility index (Phi) is 3.33. The first-order valence-electron chi connectivity index (χ1n) is 6.65. The predicted octanol–water partition coefficient (Wildman–Crippen LogP) is 4.54. The smallest absolute Gasteiger partial charge is 0.187 e. The number of ketones is 1. The Morgan fingerprint density at radius 1 is 1.29 bits per heavy atom. The number of benzene rings is 1. The number of fused-ring (bicyclic) bond motifs is 1. The maximum atomic E-state index is 12.0. The van der Waals surface area contributed by atoms with Crippen molar-refractivity contribution in [3.8, 4) is 0 Å². The number of carbonyl (C=O) groups excluding carboxylic acids is 1. The van der Waals surface area contributed by atoms with E-state index in [1.54, 1.807) is 11.6 Å². The van der Waals surface area contributed by atoms with Crippen LogP contribution in [-0.2, 0) is 4.79 Å². The van der Waals surface area contributed by atoms with Gasteiger partial charge >= 0.3 is 0 Å². The lowest BCUT2D eigenvalue weighted by molar-refractivity contribution is -0.118. The molecular formula is C15H15N3O2S. The van der Waals surface area contributed by atoms with Crippen LogP contribution >= 0.6 is 11.3 Å². The van der Waals surface area contributed by atoms with Crippen LogP contribution in [0.1, 0.15) is 26.7 Å². The molecule has 0 spiro atoms. The number of aromatic nitrogens is 1. The minimum absolute atomic E-state index is 0.0267. The molecule has 21 heavy (non-hydrogen) atoms. The van der Waals surface area contributed by atoms with E-state index in [1.165, 1.54) is 11.3 Å². The molecule has 0 atom stereocenters. The monoisotopic (exact) mass is 301 g/mol. The standard InChI is InChI=1S/C15H15N3O2S/c1-15(2)6-11(19)14(12(20)7-15)18-17-9-3-4-10-13(5-9)21-8-16-10/h3-5,8,19H,6-7H2,1-2H3. The molecule has 5 nitrogen and oxygen atoms in total. The highest BCUT2D eigenvalue weighted by Crippen LogP contribution is 2.36. The van der Waals surface area contributed by atoms with Crippen LogP contribution < -0.4 is 0 Å². The van der Waals surface area contributed by atoms with Crippen molar-refractivity contribution in [1.29, 1.82) is 0 Å². The topological polar surface area (TPSA) is 74.9 Å². The fraction of sp³-hybridized carbons (Fsp3) is 0.333. The fourth-order valence-corrected chi connectivity index (χ4v) is 3.12. The summed E-state index contributed by atoms with van der Waals surface area (Å²) in [6, 6.07) is 5.52. The Labute approximate surface area is 126 Å². The van der Waals surface area contributed by atoms with Gasteiger partial charge < -0.3 is 5.11 Å². The fourth-order valence-electron chi connectivity index (χ4n) is 2.41. The SMILES string of the molecule is CC1(C)CC(=O)C(N=Nc2ccc3ncsc3c2)=C(O)C1. The van der Waals surface area contributed by atoms with Crippen LogP contribution in [-0.4, -0.2) is 15.9 Å². The van der Waals surface area contributed by atoms with Gasteiger partial charge in [-0.3, -0.25) is 4.79 Å². The van der Waals surface area contributed by atoms with Crippen molar-refractivity contribution in [3.63, 3.8) is 0 Å². The van der Waals surface area contributed by atoms with Gasteiger partial charge in [-0.2, -0.15) is 5.11 Å². The summed E-state index contributed by atoms with van der Waals surface area (Å²) < 4.78 is 1.01. The van der Waals surface area contributed by atoms with Gasteiger partial charge in [0.25, 0.3) is 0 Å². The Morgan fingerprint density at radius 2 is 2.10 bits per heavy atom. The van der Waals surface area contributed by atoms with E-state index in [4.69, 9.17) is 0 Å². The predicted molar refractivity (Wildman–Crippen MR) is 81.8 cm³/mol. The van der Waals surface area contributed by atoms with Gasteiger partial charge in [0.05, 0.1) is 21.4 Å². The van der Waals surface area contributed by atoms with Crippen molar-refractivity contribution < 1.29 is 9.90 Å². The third kappa shape index (κ3) is 2.85. The maximum Gasteiger partial charge on any atom is 0.187 e. The normalized spacial score (nSPS) is 18.9. The molecule has 1 aliphatic carbocycles. The molecule has 0 fully saturated rings. The third-order valence-electron chi connectivity index (χ3n) is 3.40. The minimum atomic E-state index is -0.221. The lowest BCUT2D eigenvalue weighted by Gasteiger charge is -2.27. The van der Waals surface area contributed by atoms with Crippen LogP contribution in [0.25, 0.3) is 10.2 Å². The molecule has 1 aromatic carbocycles. The second-order valence-corrected chi connectivity index (χ2v) is 6.83. The zero-order chi connectivity index (χ0) is 15.0. The van der Waals surface area contributed by atoms with Crippen molar-refractivity contribution >= 4 is 33.0 Å². The molecule has 1 heterocycles. The molecule has 0 aliphatic heterocycles. The van der Waals surface area contributed by atoms with Gasteiger partial charge in [-0.25, -0.2) is 4.98 Å². The molecule has 0 saturated carbocycles. The molecule has 0 unspecified atom stereocenters. The molecule has 0 amide bonds. The average molecular weight is 301 g/mol. The number of carbonyl (C=O) groups is 1. The number of rotatable bonds is 2. The summed E-state index contributed by atoms with van der Waals surface area (Å²) in [4.78, 5) is 16.2. The van der Waals surface area contributed by atoms with Gasteiger partial charge in [-0.05, 0) is 23.6 Å². The van der Waals surface area contributed by atoms with Crippen LogP contribution in [0.15, 0.2) is 45.4 Å². The van der Waals surface area contributed by atoms with Gasteiger partial charge in [0.1, 0.15) is 5.76 Å². The molecule has 3 rings (SSSR count). The van der Waals surface area contributed by atoms with Gasteiger partial charge in [0, 0.05) is 12.8 Å². The number of hydrogen-bond donors (Lipinski definition) is 1. The van der Waals surface area contributed by atoms with Crippen LogP contribution in [0, 0.1) is 5.41 Å². The molecule has 108 valence electrons. The number of allylic oxidation sites excluding steroid dienone is 2. The van der Waals surface area contributed by atoms with E-state index in [1.807, 2.05) is 26.0 Å². The van der Waals surface area contributed by atoms with Crippen LogP contribution in [0.3, 0.4) is 0 Å². The molecule has 1 aliphatic rings. The molecule has 0 saturated heterocycles. The maximum absolute atomic E-state index is 12.0. The summed E-state index contributed by atoms with van der Waals surface area (Å²) in [5.74, 6) is -0.134. The minimum Gasteiger partial charge on any atom is -0.510 e. The highest BCUT2D eigenvalue weighted by atomic mass is 32.1. The summed E-state index contributed by atoms with van der Waals surface area (Å²) in [7, 11) is 0. The second-order valence-electron chi connectivity index (χ2n) is 5.94. The first-order valence-corrected chi connectivity index (χ1v) is 7.53. The lowest BCUT2D eigenvalue weighted by Crippen LogP contribution is -2.25. The van der Waals surface area contributed by atoms with Gasteiger partial charge in [0.15, 0.2) is 11.5 Å². The van der Waals surface area contributed by atoms with Crippen molar-refractivity contribution in [2.45, 2.75) is 26.7 Å². The summed E-state index contributed by atoms with van der Waals surface area (Å²) in [6.45, 7) is 3.90. The summed E-state index contributed by atoms with van der Waals surface area (Å²) in [6.07, 6.45) is 0.820. The van der Waals surface area contributed by atoms with E-state index >= 15 is 0 Å². The molecule has 1 aromatic heterocycles. The van der Waals surface area contributed by atoms with E-state index in [9.17, 15) is 9.90 Å².